The Morgan fingerprint density at radius 1 is 1.08 bits per heavy atom. The van der Waals surface area contributed by atoms with Gasteiger partial charge in [-0.15, -0.1) is 0 Å². The number of hydrogen-bond donors (Lipinski definition) is 1. The third kappa shape index (κ3) is 1.61. The van der Waals surface area contributed by atoms with E-state index in [9.17, 15) is 4.79 Å². The standard InChI is InChI=1S/C9H7NO.Na/c11-9-5-6-10-8-4-2-1-3-7(8)9;/h1-6H,(H,10,11);. The Balaban J connectivity index is 0.000000720. The van der Waals surface area contributed by atoms with Gasteiger partial charge in [-0.05, 0) is 12.1 Å². The quantitative estimate of drug-likeness (QED) is 0.588. The number of fused-ring (bicyclic) bond motifs is 1. The van der Waals surface area contributed by atoms with Crippen molar-refractivity contribution in [1.29, 1.82) is 0 Å². The van der Waals surface area contributed by atoms with E-state index in [-0.39, 0.29) is 35.0 Å². The van der Waals surface area contributed by atoms with Crippen LogP contribution >= 0.6 is 0 Å². The summed E-state index contributed by atoms with van der Waals surface area (Å²) in [6, 6.07) is 8.99. The average Bonchev–Trinajstić information content (AvgIpc) is 2.06. The molecule has 2 nitrogen and oxygen atoms in total. The van der Waals surface area contributed by atoms with Crippen LogP contribution in [0.4, 0.5) is 0 Å². The number of pyridine rings is 1. The monoisotopic (exact) mass is 168 g/mol. The van der Waals surface area contributed by atoms with Gasteiger partial charge in [0.2, 0.25) is 0 Å². The molecule has 55 valence electrons. The van der Waals surface area contributed by atoms with E-state index in [0.717, 1.165) is 10.9 Å². The minimum Gasteiger partial charge on any atom is -0.361 e. The van der Waals surface area contributed by atoms with Crippen molar-refractivity contribution in [3.05, 3.63) is 46.8 Å². The molecule has 0 aliphatic heterocycles. The Morgan fingerprint density at radius 3 is 2.58 bits per heavy atom. The molecule has 1 aromatic carbocycles. The fourth-order valence-electron chi connectivity index (χ4n) is 1.12. The van der Waals surface area contributed by atoms with Crippen molar-refractivity contribution < 1.29 is 0 Å². The maximum atomic E-state index is 11.2. The molecule has 0 atom stereocenters. The van der Waals surface area contributed by atoms with Crippen LogP contribution in [0.25, 0.3) is 10.9 Å². The molecule has 0 spiro atoms. The second-order valence-electron chi connectivity index (χ2n) is 2.39. The number of aromatic nitrogens is 1. The van der Waals surface area contributed by atoms with Gasteiger partial charge in [0.1, 0.15) is 0 Å². The number of H-pyrrole nitrogens is 1. The second-order valence-corrected chi connectivity index (χ2v) is 2.39. The molecule has 1 heterocycles. The molecule has 1 N–H and O–H groups in total. The Morgan fingerprint density at radius 2 is 1.83 bits per heavy atom. The third-order valence-corrected chi connectivity index (χ3v) is 1.67. The molecule has 0 saturated heterocycles. The molecule has 0 bridgehead atoms. The minimum absolute atomic E-state index is 0. The van der Waals surface area contributed by atoms with Crippen LogP contribution in [0, 0.1) is 0 Å². The van der Waals surface area contributed by atoms with E-state index in [0.29, 0.717) is 0 Å². The first-order chi connectivity index (χ1) is 5.38. The van der Waals surface area contributed by atoms with Gasteiger partial charge in [0.25, 0.3) is 0 Å². The third-order valence-electron chi connectivity index (χ3n) is 1.67. The van der Waals surface area contributed by atoms with Crippen LogP contribution in [0.1, 0.15) is 0 Å². The van der Waals surface area contributed by atoms with Gasteiger partial charge in [0.05, 0.1) is 0 Å². The zero-order valence-electron chi connectivity index (χ0n) is 6.87. The van der Waals surface area contributed by atoms with Gasteiger partial charge in [-0.25, -0.2) is 0 Å². The summed E-state index contributed by atoms with van der Waals surface area (Å²) in [7, 11) is 0. The van der Waals surface area contributed by atoms with Crippen molar-refractivity contribution in [3.63, 3.8) is 0 Å². The number of aromatic amines is 1. The Kier molecular flexibility index (Phi) is 3.09. The molecule has 0 fully saturated rings. The predicted octanol–water partition coefficient (Wildman–Crippen LogP) is 1.15. The van der Waals surface area contributed by atoms with Crippen molar-refractivity contribution in [2.24, 2.45) is 0 Å². The zero-order valence-corrected chi connectivity index (χ0v) is 8.87. The normalized spacial score (nSPS) is 9.33. The molecule has 0 aliphatic carbocycles. The summed E-state index contributed by atoms with van der Waals surface area (Å²) in [5.41, 5.74) is 0.958. The molecule has 12 heavy (non-hydrogen) atoms. The zero-order chi connectivity index (χ0) is 7.68. The predicted molar refractivity (Wildman–Crippen MR) is 50.3 cm³/mol. The molecule has 1 radical (unpaired) electrons. The molecule has 0 saturated carbocycles. The SMILES string of the molecule is O=c1cc[nH]c2ccccc12.[Na]. The minimum atomic E-state index is 0. The van der Waals surface area contributed by atoms with Crippen LogP contribution in [0.5, 0.6) is 0 Å². The summed E-state index contributed by atoms with van der Waals surface area (Å²) in [5.74, 6) is 0. The first kappa shape index (κ1) is 9.52. The van der Waals surface area contributed by atoms with E-state index in [2.05, 4.69) is 4.98 Å². The van der Waals surface area contributed by atoms with E-state index in [1.807, 2.05) is 24.3 Å². The number of benzene rings is 1. The molecule has 0 amide bonds. The average molecular weight is 168 g/mol. The summed E-state index contributed by atoms with van der Waals surface area (Å²) in [6.07, 6.45) is 1.66. The Hall–Kier alpha value is -0.570. The summed E-state index contributed by atoms with van der Waals surface area (Å²) in [4.78, 5) is 14.2. The summed E-state index contributed by atoms with van der Waals surface area (Å²) in [5, 5.41) is 0.745. The van der Waals surface area contributed by atoms with Gasteiger partial charge in [-0.1, -0.05) is 12.1 Å². The number of hydrogen-bond acceptors (Lipinski definition) is 1. The van der Waals surface area contributed by atoms with Gasteiger partial charge >= 0.3 is 0 Å². The summed E-state index contributed by atoms with van der Waals surface area (Å²) in [6.45, 7) is 0. The molecular formula is C9H7NNaO. The molecule has 2 rings (SSSR count). The van der Waals surface area contributed by atoms with Crippen LogP contribution in [-0.2, 0) is 0 Å². The van der Waals surface area contributed by atoms with Crippen LogP contribution in [0.3, 0.4) is 0 Å². The Bertz CT molecular complexity index is 430. The first-order valence-electron chi connectivity index (χ1n) is 3.44. The van der Waals surface area contributed by atoms with Gasteiger partial charge in [0.15, 0.2) is 5.43 Å². The van der Waals surface area contributed by atoms with E-state index in [1.54, 1.807) is 6.20 Å². The molecule has 1 aromatic heterocycles. The second kappa shape index (κ2) is 3.90. The number of nitrogens with one attached hydrogen (secondary N) is 1. The smallest absolute Gasteiger partial charge is 0.189 e. The fraction of sp³-hybridized carbons (Fsp3) is 0. The summed E-state index contributed by atoms with van der Waals surface area (Å²) < 4.78 is 0. The van der Waals surface area contributed by atoms with Crippen LogP contribution < -0.4 is 5.43 Å². The van der Waals surface area contributed by atoms with E-state index >= 15 is 0 Å². The molecule has 0 unspecified atom stereocenters. The maximum Gasteiger partial charge on any atom is 0.189 e. The van der Waals surface area contributed by atoms with Crippen LogP contribution in [-0.4, -0.2) is 34.5 Å². The van der Waals surface area contributed by atoms with Crippen LogP contribution in [0.15, 0.2) is 41.3 Å². The van der Waals surface area contributed by atoms with Gasteiger partial charge in [-0.2, -0.15) is 0 Å². The maximum absolute atomic E-state index is 11.2. The van der Waals surface area contributed by atoms with Crippen LogP contribution in [0.2, 0.25) is 0 Å². The van der Waals surface area contributed by atoms with Crippen molar-refractivity contribution in [2.75, 3.05) is 0 Å². The van der Waals surface area contributed by atoms with E-state index < -0.39 is 0 Å². The molecule has 3 heteroatoms. The summed E-state index contributed by atoms with van der Waals surface area (Å²) >= 11 is 0. The Labute approximate surface area is 91.9 Å². The number of rotatable bonds is 0. The number of para-hydroxylation sites is 1. The molecule has 2 aromatic rings. The van der Waals surface area contributed by atoms with Crippen molar-refractivity contribution in [2.45, 2.75) is 0 Å². The van der Waals surface area contributed by atoms with Gasteiger partial charge in [0, 0.05) is 52.7 Å². The van der Waals surface area contributed by atoms with Crippen molar-refractivity contribution in [1.82, 2.24) is 4.98 Å². The molecule has 0 aliphatic rings. The van der Waals surface area contributed by atoms with Gasteiger partial charge in [-0.3, -0.25) is 4.79 Å². The van der Waals surface area contributed by atoms with E-state index in [4.69, 9.17) is 0 Å². The molecular weight excluding hydrogens is 161 g/mol. The van der Waals surface area contributed by atoms with E-state index in [1.165, 1.54) is 6.07 Å². The first-order valence-corrected chi connectivity index (χ1v) is 3.44. The van der Waals surface area contributed by atoms with Gasteiger partial charge < -0.3 is 4.98 Å². The van der Waals surface area contributed by atoms with Crippen molar-refractivity contribution >= 4 is 40.5 Å². The largest absolute Gasteiger partial charge is 0.361 e. The fourth-order valence-corrected chi connectivity index (χ4v) is 1.12. The van der Waals surface area contributed by atoms with Crippen molar-refractivity contribution in [3.8, 4) is 0 Å². The topological polar surface area (TPSA) is 32.9 Å².